The third-order valence-corrected chi connectivity index (χ3v) is 6.87. The van der Waals surface area contributed by atoms with Crippen molar-refractivity contribution in [3.05, 3.63) is 83.9 Å². The maximum absolute atomic E-state index is 12.5. The SMILES string of the molecule is O=C(CSc1nnc(-c2ccc(Cl)cc2)n1-c1ccc(Oc2ccccc2)cc1)NCC1CCCO1. The van der Waals surface area contributed by atoms with E-state index in [0.717, 1.165) is 36.4 Å². The highest BCUT2D eigenvalue weighted by Gasteiger charge is 2.19. The molecule has 2 heterocycles. The summed E-state index contributed by atoms with van der Waals surface area (Å²) in [5.74, 6) is 2.30. The third kappa shape index (κ3) is 6.07. The molecular weight excluding hydrogens is 496 g/mol. The summed E-state index contributed by atoms with van der Waals surface area (Å²) >= 11 is 7.43. The molecule has 0 aliphatic carbocycles. The van der Waals surface area contributed by atoms with Crippen LogP contribution in [0.15, 0.2) is 84.0 Å². The molecule has 1 aliphatic heterocycles. The second-order valence-electron chi connectivity index (χ2n) is 8.29. The molecule has 7 nitrogen and oxygen atoms in total. The maximum atomic E-state index is 12.5. The lowest BCUT2D eigenvalue weighted by atomic mass is 10.2. The van der Waals surface area contributed by atoms with Gasteiger partial charge in [0.25, 0.3) is 0 Å². The van der Waals surface area contributed by atoms with E-state index < -0.39 is 0 Å². The van der Waals surface area contributed by atoms with Gasteiger partial charge in [-0.1, -0.05) is 41.6 Å². The molecule has 0 saturated carbocycles. The van der Waals surface area contributed by atoms with E-state index >= 15 is 0 Å². The van der Waals surface area contributed by atoms with E-state index in [0.29, 0.717) is 28.3 Å². The standard InChI is InChI=1S/C27H25ClN4O3S/c28-20-10-8-19(9-11-20)26-30-31-27(36-18-25(33)29-17-24-7-4-16-34-24)32(26)21-12-14-23(15-13-21)35-22-5-2-1-3-6-22/h1-3,5-6,8-15,24H,4,7,16-18H2,(H,29,33). The van der Waals surface area contributed by atoms with E-state index in [2.05, 4.69) is 15.5 Å². The zero-order valence-electron chi connectivity index (χ0n) is 19.5. The topological polar surface area (TPSA) is 78.3 Å². The first kappa shape index (κ1) is 24.4. The summed E-state index contributed by atoms with van der Waals surface area (Å²) in [6.07, 6.45) is 2.13. The molecule has 1 fully saturated rings. The van der Waals surface area contributed by atoms with Gasteiger partial charge in [0, 0.05) is 29.4 Å². The Morgan fingerprint density at radius 2 is 1.78 bits per heavy atom. The van der Waals surface area contributed by atoms with Gasteiger partial charge in [-0.2, -0.15) is 0 Å². The van der Waals surface area contributed by atoms with Crippen LogP contribution >= 0.6 is 23.4 Å². The monoisotopic (exact) mass is 520 g/mol. The van der Waals surface area contributed by atoms with Crippen LogP contribution in [0.1, 0.15) is 12.8 Å². The Labute approximate surface area is 218 Å². The predicted octanol–water partition coefficient (Wildman–Crippen LogP) is 5.77. The minimum atomic E-state index is -0.0651. The Morgan fingerprint density at radius 3 is 2.50 bits per heavy atom. The number of aromatic nitrogens is 3. The van der Waals surface area contributed by atoms with Gasteiger partial charge in [-0.15, -0.1) is 10.2 Å². The number of nitrogens with one attached hydrogen (secondary N) is 1. The summed E-state index contributed by atoms with van der Waals surface area (Å²) < 4.78 is 13.5. The van der Waals surface area contributed by atoms with Crippen molar-refractivity contribution >= 4 is 29.3 Å². The molecule has 0 spiro atoms. The predicted molar refractivity (Wildman–Crippen MR) is 141 cm³/mol. The molecule has 1 atom stereocenters. The first-order valence-corrected chi connectivity index (χ1v) is 13.1. The van der Waals surface area contributed by atoms with Crippen molar-refractivity contribution in [1.82, 2.24) is 20.1 Å². The van der Waals surface area contributed by atoms with E-state index in [4.69, 9.17) is 21.1 Å². The number of thioether (sulfide) groups is 1. The van der Waals surface area contributed by atoms with Crippen molar-refractivity contribution in [2.45, 2.75) is 24.1 Å². The van der Waals surface area contributed by atoms with Crippen LogP contribution in [0.3, 0.4) is 0 Å². The van der Waals surface area contributed by atoms with Crippen molar-refractivity contribution < 1.29 is 14.3 Å². The molecule has 1 aliphatic rings. The van der Waals surface area contributed by atoms with Gasteiger partial charge in [-0.25, -0.2) is 0 Å². The molecule has 1 aromatic heterocycles. The molecule has 1 unspecified atom stereocenters. The van der Waals surface area contributed by atoms with E-state index in [-0.39, 0.29) is 17.8 Å². The minimum absolute atomic E-state index is 0.0651. The Hall–Kier alpha value is -3.33. The minimum Gasteiger partial charge on any atom is -0.457 e. The van der Waals surface area contributed by atoms with Crippen molar-refractivity contribution in [3.63, 3.8) is 0 Å². The molecule has 184 valence electrons. The van der Waals surface area contributed by atoms with Crippen LogP contribution < -0.4 is 10.1 Å². The number of benzene rings is 3. The zero-order chi connectivity index (χ0) is 24.7. The summed E-state index contributed by atoms with van der Waals surface area (Å²) in [5, 5.41) is 13.0. The van der Waals surface area contributed by atoms with Gasteiger partial charge in [-0.3, -0.25) is 9.36 Å². The van der Waals surface area contributed by atoms with Gasteiger partial charge in [0.2, 0.25) is 5.91 Å². The number of hydrogen-bond donors (Lipinski definition) is 1. The summed E-state index contributed by atoms with van der Waals surface area (Å²) in [4.78, 5) is 12.5. The fourth-order valence-electron chi connectivity index (χ4n) is 3.88. The fourth-order valence-corrected chi connectivity index (χ4v) is 4.79. The second-order valence-corrected chi connectivity index (χ2v) is 9.66. The molecule has 4 aromatic rings. The van der Waals surface area contributed by atoms with Crippen LogP contribution in [0.25, 0.3) is 17.1 Å². The van der Waals surface area contributed by atoms with Crippen LogP contribution in [-0.2, 0) is 9.53 Å². The lowest BCUT2D eigenvalue weighted by molar-refractivity contribution is -0.119. The molecule has 1 amide bonds. The van der Waals surface area contributed by atoms with Crippen molar-refractivity contribution in [2.24, 2.45) is 0 Å². The van der Waals surface area contributed by atoms with E-state index in [9.17, 15) is 4.79 Å². The number of carbonyl (C=O) groups is 1. The van der Waals surface area contributed by atoms with Crippen molar-refractivity contribution in [3.8, 4) is 28.6 Å². The number of carbonyl (C=O) groups excluding carboxylic acids is 1. The molecule has 5 rings (SSSR count). The van der Waals surface area contributed by atoms with Gasteiger partial charge in [0.05, 0.1) is 11.9 Å². The number of para-hydroxylation sites is 1. The Morgan fingerprint density at radius 1 is 1.03 bits per heavy atom. The molecule has 3 aromatic carbocycles. The first-order chi connectivity index (χ1) is 17.7. The Balaban J connectivity index is 1.36. The number of nitrogens with zero attached hydrogens (tertiary/aromatic N) is 3. The van der Waals surface area contributed by atoms with Crippen LogP contribution in [0.5, 0.6) is 11.5 Å². The fraction of sp³-hybridized carbons (Fsp3) is 0.222. The smallest absolute Gasteiger partial charge is 0.230 e. The van der Waals surface area contributed by atoms with E-state index in [1.165, 1.54) is 11.8 Å². The summed E-state index contributed by atoms with van der Waals surface area (Å²) in [7, 11) is 0. The zero-order valence-corrected chi connectivity index (χ0v) is 21.0. The molecule has 0 radical (unpaired) electrons. The summed E-state index contributed by atoms with van der Waals surface area (Å²) in [5.41, 5.74) is 1.72. The van der Waals surface area contributed by atoms with Crippen LogP contribution in [0.2, 0.25) is 5.02 Å². The van der Waals surface area contributed by atoms with E-state index in [1.54, 1.807) is 0 Å². The lowest BCUT2D eigenvalue weighted by Gasteiger charge is -2.13. The molecule has 36 heavy (non-hydrogen) atoms. The number of amides is 1. The van der Waals surface area contributed by atoms with Gasteiger partial charge in [0.1, 0.15) is 11.5 Å². The van der Waals surface area contributed by atoms with Gasteiger partial charge in [-0.05, 0) is 73.5 Å². The van der Waals surface area contributed by atoms with Crippen molar-refractivity contribution in [2.75, 3.05) is 18.9 Å². The highest BCUT2D eigenvalue weighted by molar-refractivity contribution is 7.99. The number of ether oxygens (including phenoxy) is 2. The Kier molecular flexibility index (Phi) is 7.85. The summed E-state index contributed by atoms with van der Waals surface area (Å²) in [6, 6.07) is 24.8. The molecule has 1 saturated heterocycles. The maximum Gasteiger partial charge on any atom is 0.230 e. The first-order valence-electron chi connectivity index (χ1n) is 11.7. The van der Waals surface area contributed by atoms with Crippen LogP contribution in [0.4, 0.5) is 0 Å². The largest absolute Gasteiger partial charge is 0.457 e. The number of halogens is 1. The van der Waals surface area contributed by atoms with E-state index in [1.807, 2.05) is 83.4 Å². The molecule has 1 N–H and O–H groups in total. The lowest BCUT2D eigenvalue weighted by Crippen LogP contribution is -2.32. The molecular formula is C27H25ClN4O3S. The average molecular weight is 521 g/mol. The quantitative estimate of drug-likeness (QED) is 0.282. The van der Waals surface area contributed by atoms with Gasteiger partial charge in [0.15, 0.2) is 11.0 Å². The van der Waals surface area contributed by atoms with Crippen LogP contribution in [0, 0.1) is 0 Å². The number of hydrogen-bond acceptors (Lipinski definition) is 6. The highest BCUT2D eigenvalue weighted by atomic mass is 35.5. The van der Waals surface area contributed by atoms with Crippen LogP contribution in [-0.4, -0.2) is 45.7 Å². The number of rotatable bonds is 9. The molecule has 0 bridgehead atoms. The van der Waals surface area contributed by atoms with Gasteiger partial charge >= 0.3 is 0 Å². The van der Waals surface area contributed by atoms with Crippen molar-refractivity contribution in [1.29, 1.82) is 0 Å². The second kappa shape index (κ2) is 11.6. The summed E-state index contributed by atoms with van der Waals surface area (Å²) in [6.45, 7) is 1.30. The molecule has 9 heteroatoms. The average Bonchev–Trinajstić information content (AvgIpc) is 3.58. The van der Waals surface area contributed by atoms with Gasteiger partial charge < -0.3 is 14.8 Å². The Bertz CT molecular complexity index is 1290. The third-order valence-electron chi connectivity index (χ3n) is 5.69. The normalized spacial score (nSPS) is 15.1. The highest BCUT2D eigenvalue weighted by Crippen LogP contribution is 2.30.